The summed E-state index contributed by atoms with van der Waals surface area (Å²) in [5, 5.41) is 3.10. The van der Waals surface area contributed by atoms with E-state index < -0.39 is 0 Å². The molecular formula is C11H18N2O3. The molecule has 1 N–H and O–H groups in total. The summed E-state index contributed by atoms with van der Waals surface area (Å²) in [5.74, 6) is 0.886. The van der Waals surface area contributed by atoms with Crippen LogP contribution in [0.1, 0.15) is 26.0 Å². The second-order valence-corrected chi connectivity index (χ2v) is 4.05. The highest BCUT2D eigenvalue weighted by Crippen LogP contribution is 2.07. The Labute approximate surface area is 95.2 Å². The highest BCUT2D eigenvalue weighted by Gasteiger charge is 2.19. The summed E-state index contributed by atoms with van der Waals surface area (Å²) in [4.78, 5) is 15.3. The molecular weight excluding hydrogens is 208 g/mol. The van der Waals surface area contributed by atoms with Gasteiger partial charge in [0.2, 0.25) is 0 Å². The van der Waals surface area contributed by atoms with Gasteiger partial charge in [-0.25, -0.2) is 4.98 Å². The molecule has 1 aromatic rings. The first-order chi connectivity index (χ1) is 7.63. The number of hydrogen-bond acceptors (Lipinski definition) is 5. The van der Waals surface area contributed by atoms with E-state index in [1.165, 1.54) is 13.5 Å². The number of nitrogens with zero attached hydrogens (tertiary/aromatic N) is 1. The largest absolute Gasteiger partial charge is 0.468 e. The number of oxazole rings is 1. The van der Waals surface area contributed by atoms with Gasteiger partial charge < -0.3 is 9.15 Å². The molecule has 16 heavy (non-hydrogen) atoms. The Bertz CT molecular complexity index is 309. The topological polar surface area (TPSA) is 64.4 Å². The summed E-state index contributed by atoms with van der Waals surface area (Å²) < 4.78 is 9.81. The molecule has 1 unspecified atom stereocenters. The molecule has 5 nitrogen and oxygen atoms in total. The van der Waals surface area contributed by atoms with Gasteiger partial charge in [0.25, 0.3) is 0 Å². The van der Waals surface area contributed by atoms with Crippen LogP contribution in [0.4, 0.5) is 0 Å². The summed E-state index contributed by atoms with van der Waals surface area (Å²) in [7, 11) is 1.39. The van der Waals surface area contributed by atoms with Crippen LogP contribution >= 0.6 is 0 Å². The Balaban J connectivity index is 2.46. The SMILES string of the molecule is COC(=O)C(CC(C)C)NCc1cnco1. The van der Waals surface area contributed by atoms with E-state index in [1.54, 1.807) is 6.20 Å². The van der Waals surface area contributed by atoms with Crippen molar-refractivity contribution in [3.05, 3.63) is 18.4 Å². The van der Waals surface area contributed by atoms with Crippen LogP contribution in [0.5, 0.6) is 0 Å². The number of methoxy groups -OCH3 is 1. The Morgan fingerprint density at radius 1 is 1.62 bits per heavy atom. The Hall–Kier alpha value is -1.36. The van der Waals surface area contributed by atoms with E-state index in [1.807, 2.05) is 0 Å². The molecule has 1 aromatic heterocycles. The average molecular weight is 226 g/mol. The summed E-state index contributed by atoms with van der Waals surface area (Å²) in [5.41, 5.74) is 0. The molecule has 0 aliphatic heterocycles. The molecule has 0 aliphatic carbocycles. The third-order valence-corrected chi connectivity index (χ3v) is 2.20. The first-order valence-corrected chi connectivity index (χ1v) is 5.32. The number of esters is 1. The minimum Gasteiger partial charge on any atom is -0.468 e. The molecule has 0 spiro atoms. The Kier molecular flexibility index (Phi) is 4.98. The summed E-state index contributed by atoms with van der Waals surface area (Å²) in [6.45, 7) is 4.60. The predicted molar refractivity (Wildman–Crippen MR) is 58.6 cm³/mol. The third-order valence-electron chi connectivity index (χ3n) is 2.20. The number of carbonyl (C=O) groups is 1. The van der Waals surface area contributed by atoms with E-state index >= 15 is 0 Å². The van der Waals surface area contributed by atoms with E-state index in [0.29, 0.717) is 18.2 Å². The number of nitrogens with one attached hydrogen (secondary N) is 1. The molecule has 0 saturated carbocycles. The molecule has 0 saturated heterocycles. The molecule has 0 fully saturated rings. The van der Waals surface area contributed by atoms with Crippen molar-refractivity contribution in [3.8, 4) is 0 Å². The Morgan fingerprint density at radius 3 is 2.88 bits per heavy atom. The summed E-state index contributed by atoms with van der Waals surface area (Å²) >= 11 is 0. The van der Waals surface area contributed by atoms with Crippen molar-refractivity contribution in [1.82, 2.24) is 10.3 Å². The molecule has 90 valence electrons. The number of ether oxygens (including phenoxy) is 1. The zero-order chi connectivity index (χ0) is 12.0. The fourth-order valence-electron chi connectivity index (χ4n) is 1.43. The van der Waals surface area contributed by atoms with Crippen LogP contribution in [0.15, 0.2) is 17.0 Å². The van der Waals surface area contributed by atoms with Crippen LogP contribution in [-0.4, -0.2) is 24.1 Å². The molecule has 1 heterocycles. The number of hydrogen-bond donors (Lipinski definition) is 1. The van der Waals surface area contributed by atoms with Gasteiger partial charge in [-0.2, -0.15) is 0 Å². The second-order valence-electron chi connectivity index (χ2n) is 4.05. The van der Waals surface area contributed by atoms with Crippen LogP contribution in [0.25, 0.3) is 0 Å². The fraction of sp³-hybridized carbons (Fsp3) is 0.636. The highest BCUT2D eigenvalue weighted by atomic mass is 16.5. The Morgan fingerprint density at radius 2 is 2.38 bits per heavy atom. The monoisotopic (exact) mass is 226 g/mol. The van der Waals surface area contributed by atoms with Gasteiger partial charge in [-0.15, -0.1) is 0 Å². The predicted octanol–water partition coefficient (Wildman–Crippen LogP) is 1.35. The quantitative estimate of drug-likeness (QED) is 0.742. The van der Waals surface area contributed by atoms with Gasteiger partial charge in [-0.1, -0.05) is 13.8 Å². The lowest BCUT2D eigenvalue weighted by molar-refractivity contribution is -0.143. The van der Waals surface area contributed by atoms with Gasteiger partial charge in [-0.3, -0.25) is 10.1 Å². The summed E-state index contributed by atoms with van der Waals surface area (Å²) in [6.07, 6.45) is 3.73. The standard InChI is InChI=1S/C11H18N2O3/c1-8(2)4-10(11(14)15-3)13-6-9-5-12-7-16-9/h5,7-8,10,13H,4,6H2,1-3H3. The molecule has 0 aliphatic rings. The zero-order valence-electron chi connectivity index (χ0n) is 9.90. The first kappa shape index (κ1) is 12.7. The maximum Gasteiger partial charge on any atom is 0.322 e. The lowest BCUT2D eigenvalue weighted by Gasteiger charge is -2.17. The van der Waals surface area contributed by atoms with Crippen LogP contribution in [0.2, 0.25) is 0 Å². The van der Waals surface area contributed by atoms with Gasteiger partial charge in [0.15, 0.2) is 6.39 Å². The smallest absolute Gasteiger partial charge is 0.322 e. The van der Waals surface area contributed by atoms with Crippen LogP contribution in [0.3, 0.4) is 0 Å². The molecule has 1 atom stereocenters. The maximum absolute atomic E-state index is 11.5. The van der Waals surface area contributed by atoms with Crippen LogP contribution in [-0.2, 0) is 16.1 Å². The van der Waals surface area contributed by atoms with E-state index in [4.69, 9.17) is 9.15 Å². The van der Waals surface area contributed by atoms with Gasteiger partial charge in [0.1, 0.15) is 11.8 Å². The maximum atomic E-state index is 11.5. The van der Waals surface area contributed by atoms with Crippen molar-refractivity contribution in [2.45, 2.75) is 32.9 Å². The normalized spacial score (nSPS) is 12.8. The molecule has 1 rings (SSSR count). The zero-order valence-corrected chi connectivity index (χ0v) is 9.90. The van der Waals surface area contributed by atoms with E-state index in [0.717, 1.165) is 6.42 Å². The fourth-order valence-corrected chi connectivity index (χ4v) is 1.43. The van der Waals surface area contributed by atoms with Crippen molar-refractivity contribution < 1.29 is 13.9 Å². The number of aromatic nitrogens is 1. The molecule has 0 amide bonds. The minimum atomic E-state index is -0.296. The molecule has 0 radical (unpaired) electrons. The average Bonchev–Trinajstić information content (AvgIpc) is 2.75. The van der Waals surface area contributed by atoms with E-state index in [9.17, 15) is 4.79 Å². The minimum absolute atomic E-state index is 0.242. The van der Waals surface area contributed by atoms with E-state index in [2.05, 4.69) is 24.1 Å². The van der Waals surface area contributed by atoms with Crippen LogP contribution < -0.4 is 5.32 Å². The molecule has 0 aromatic carbocycles. The second kappa shape index (κ2) is 6.27. The lowest BCUT2D eigenvalue weighted by atomic mass is 10.0. The molecule has 5 heteroatoms. The lowest BCUT2D eigenvalue weighted by Crippen LogP contribution is -2.38. The van der Waals surface area contributed by atoms with Crippen molar-refractivity contribution >= 4 is 5.97 Å². The van der Waals surface area contributed by atoms with Crippen molar-refractivity contribution in [1.29, 1.82) is 0 Å². The number of carbonyl (C=O) groups excluding carboxylic acids is 1. The van der Waals surface area contributed by atoms with Crippen molar-refractivity contribution in [2.24, 2.45) is 5.92 Å². The summed E-state index contributed by atoms with van der Waals surface area (Å²) in [6, 6.07) is -0.296. The van der Waals surface area contributed by atoms with Crippen LogP contribution in [0, 0.1) is 5.92 Å². The van der Waals surface area contributed by atoms with Gasteiger partial charge >= 0.3 is 5.97 Å². The molecule has 0 bridgehead atoms. The van der Waals surface area contributed by atoms with Crippen molar-refractivity contribution in [3.63, 3.8) is 0 Å². The van der Waals surface area contributed by atoms with Crippen molar-refractivity contribution in [2.75, 3.05) is 7.11 Å². The highest BCUT2D eigenvalue weighted by molar-refractivity contribution is 5.75. The van der Waals surface area contributed by atoms with Gasteiger partial charge in [-0.05, 0) is 12.3 Å². The first-order valence-electron chi connectivity index (χ1n) is 5.32. The third kappa shape index (κ3) is 4.02. The van der Waals surface area contributed by atoms with Gasteiger partial charge in [0.05, 0.1) is 19.9 Å². The number of rotatable bonds is 6. The van der Waals surface area contributed by atoms with E-state index in [-0.39, 0.29) is 12.0 Å². The van der Waals surface area contributed by atoms with Gasteiger partial charge in [0, 0.05) is 0 Å².